The quantitative estimate of drug-likeness (QED) is 0.781. The number of nitrogens with one attached hydrogen (secondary N) is 1. The number of aromatic nitrogens is 2. The van der Waals surface area contributed by atoms with Crippen molar-refractivity contribution < 1.29 is 4.79 Å². The van der Waals surface area contributed by atoms with Crippen molar-refractivity contribution in [3.05, 3.63) is 18.2 Å². The zero-order valence-corrected chi connectivity index (χ0v) is 10.8. The molecule has 0 saturated heterocycles. The molecule has 1 aromatic heterocycles. The SMILES string of the molecule is CN(C)C(=O)CN(C)c1n[nH]c2ccc(N)cc12. The number of fused-ring (bicyclic) bond motifs is 1. The molecule has 0 aliphatic rings. The van der Waals surface area contributed by atoms with Gasteiger partial charge in [-0.15, -0.1) is 0 Å². The van der Waals surface area contributed by atoms with Crippen molar-refractivity contribution >= 4 is 28.3 Å². The Hall–Kier alpha value is -2.24. The molecule has 0 atom stereocenters. The van der Waals surface area contributed by atoms with Crippen LogP contribution >= 0.6 is 0 Å². The van der Waals surface area contributed by atoms with Crippen LogP contribution in [0.3, 0.4) is 0 Å². The van der Waals surface area contributed by atoms with E-state index < -0.39 is 0 Å². The largest absolute Gasteiger partial charge is 0.399 e. The molecule has 96 valence electrons. The van der Waals surface area contributed by atoms with Crippen molar-refractivity contribution in [2.24, 2.45) is 0 Å². The van der Waals surface area contributed by atoms with Crippen LogP contribution in [0.1, 0.15) is 0 Å². The summed E-state index contributed by atoms with van der Waals surface area (Å²) in [7, 11) is 5.30. The van der Waals surface area contributed by atoms with E-state index in [0.717, 1.165) is 16.7 Å². The lowest BCUT2D eigenvalue weighted by Crippen LogP contribution is -2.34. The number of hydrogen-bond donors (Lipinski definition) is 2. The molecule has 1 heterocycles. The fourth-order valence-corrected chi connectivity index (χ4v) is 1.73. The summed E-state index contributed by atoms with van der Waals surface area (Å²) >= 11 is 0. The Morgan fingerprint density at radius 1 is 1.39 bits per heavy atom. The van der Waals surface area contributed by atoms with Gasteiger partial charge in [-0.2, -0.15) is 5.10 Å². The van der Waals surface area contributed by atoms with Crippen LogP contribution in [-0.4, -0.2) is 48.7 Å². The van der Waals surface area contributed by atoms with Crippen LogP contribution in [0.15, 0.2) is 18.2 Å². The first kappa shape index (κ1) is 12.2. The van der Waals surface area contributed by atoms with Crippen molar-refractivity contribution in [2.75, 3.05) is 38.3 Å². The van der Waals surface area contributed by atoms with Crippen molar-refractivity contribution in [3.63, 3.8) is 0 Å². The van der Waals surface area contributed by atoms with Crippen LogP contribution in [-0.2, 0) is 4.79 Å². The van der Waals surface area contributed by atoms with Crippen LogP contribution in [0.4, 0.5) is 11.5 Å². The van der Waals surface area contributed by atoms with Gasteiger partial charge in [0.25, 0.3) is 0 Å². The Kier molecular flexibility index (Phi) is 3.10. The average molecular weight is 247 g/mol. The maximum Gasteiger partial charge on any atom is 0.241 e. The minimum absolute atomic E-state index is 0.0255. The molecule has 2 rings (SSSR count). The second-order valence-corrected chi connectivity index (χ2v) is 4.50. The average Bonchev–Trinajstić information content (AvgIpc) is 2.71. The normalized spacial score (nSPS) is 10.6. The van der Waals surface area contributed by atoms with Gasteiger partial charge in [-0.05, 0) is 18.2 Å². The van der Waals surface area contributed by atoms with Gasteiger partial charge in [0.2, 0.25) is 5.91 Å². The summed E-state index contributed by atoms with van der Waals surface area (Å²) in [6.45, 7) is 0.280. The molecule has 0 aliphatic heterocycles. The summed E-state index contributed by atoms with van der Waals surface area (Å²) in [4.78, 5) is 15.0. The monoisotopic (exact) mass is 247 g/mol. The predicted molar refractivity (Wildman–Crippen MR) is 72.5 cm³/mol. The first-order valence-corrected chi connectivity index (χ1v) is 5.64. The topological polar surface area (TPSA) is 78.2 Å². The molecule has 6 nitrogen and oxygen atoms in total. The summed E-state index contributed by atoms with van der Waals surface area (Å²) in [6, 6.07) is 5.54. The maximum absolute atomic E-state index is 11.7. The molecule has 0 aliphatic carbocycles. The van der Waals surface area contributed by atoms with Gasteiger partial charge in [-0.1, -0.05) is 0 Å². The molecule has 0 saturated carbocycles. The molecule has 0 fully saturated rings. The molecular weight excluding hydrogens is 230 g/mol. The lowest BCUT2D eigenvalue weighted by atomic mass is 10.2. The van der Waals surface area contributed by atoms with Gasteiger partial charge >= 0.3 is 0 Å². The molecule has 0 radical (unpaired) electrons. The van der Waals surface area contributed by atoms with Crippen molar-refractivity contribution in [1.82, 2.24) is 15.1 Å². The van der Waals surface area contributed by atoms with Gasteiger partial charge in [-0.3, -0.25) is 9.89 Å². The van der Waals surface area contributed by atoms with Gasteiger partial charge in [0.15, 0.2) is 5.82 Å². The Morgan fingerprint density at radius 2 is 2.11 bits per heavy atom. The van der Waals surface area contributed by atoms with E-state index in [1.807, 2.05) is 25.2 Å². The van der Waals surface area contributed by atoms with Gasteiger partial charge in [0, 0.05) is 32.2 Å². The fourth-order valence-electron chi connectivity index (χ4n) is 1.73. The number of hydrogen-bond acceptors (Lipinski definition) is 4. The predicted octanol–water partition coefficient (Wildman–Crippen LogP) is 0.669. The molecule has 0 spiro atoms. The lowest BCUT2D eigenvalue weighted by Gasteiger charge is -2.19. The Bertz CT molecular complexity index is 575. The van der Waals surface area contributed by atoms with Crippen LogP contribution in [0.5, 0.6) is 0 Å². The van der Waals surface area contributed by atoms with Crippen LogP contribution in [0, 0.1) is 0 Å². The minimum Gasteiger partial charge on any atom is -0.399 e. The van der Waals surface area contributed by atoms with Crippen LogP contribution in [0.2, 0.25) is 0 Å². The van der Waals surface area contributed by atoms with Crippen molar-refractivity contribution in [1.29, 1.82) is 0 Å². The summed E-state index contributed by atoms with van der Waals surface area (Å²) in [5.41, 5.74) is 7.35. The van der Waals surface area contributed by atoms with E-state index in [2.05, 4.69) is 10.2 Å². The van der Waals surface area contributed by atoms with Gasteiger partial charge in [-0.25, -0.2) is 0 Å². The third kappa shape index (κ3) is 2.22. The minimum atomic E-state index is 0.0255. The van der Waals surface area contributed by atoms with Crippen molar-refractivity contribution in [2.45, 2.75) is 0 Å². The van der Waals surface area contributed by atoms with Crippen LogP contribution < -0.4 is 10.6 Å². The zero-order valence-electron chi connectivity index (χ0n) is 10.8. The number of anilines is 2. The first-order chi connectivity index (χ1) is 8.49. The molecule has 1 aromatic carbocycles. The third-order valence-corrected chi connectivity index (χ3v) is 2.80. The third-order valence-electron chi connectivity index (χ3n) is 2.80. The van der Waals surface area contributed by atoms with E-state index in [1.54, 1.807) is 23.9 Å². The molecule has 0 bridgehead atoms. The molecule has 18 heavy (non-hydrogen) atoms. The molecule has 0 unspecified atom stereocenters. The zero-order chi connectivity index (χ0) is 13.3. The number of amides is 1. The number of rotatable bonds is 3. The number of aromatic amines is 1. The highest BCUT2D eigenvalue weighted by atomic mass is 16.2. The Balaban J connectivity index is 2.30. The highest BCUT2D eigenvalue weighted by Crippen LogP contribution is 2.24. The number of nitrogen functional groups attached to an aromatic ring is 1. The van der Waals surface area contributed by atoms with E-state index in [0.29, 0.717) is 5.69 Å². The number of H-pyrrole nitrogens is 1. The van der Waals surface area contributed by atoms with Crippen molar-refractivity contribution in [3.8, 4) is 0 Å². The summed E-state index contributed by atoms with van der Waals surface area (Å²) in [6.07, 6.45) is 0. The van der Waals surface area contributed by atoms with Gasteiger partial charge in [0.05, 0.1) is 12.1 Å². The van der Waals surface area contributed by atoms with E-state index >= 15 is 0 Å². The maximum atomic E-state index is 11.7. The number of benzene rings is 1. The second kappa shape index (κ2) is 4.56. The number of nitrogens with two attached hydrogens (primary N) is 1. The second-order valence-electron chi connectivity index (χ2n) is 4.50. The Labute approximate surface area is 105 Å². The van der Waals surface area contributed by atoms with Gasteiger partial charge in [0.1, 0.15) is 0 Å². The first-order valence-electron chi connectivity index (χ1n) is 5.64. The molecule has 1 amide bonds. The van der Waals surface area contributed by atoms with Gasteiger partial charge < -0.3 is 15.5 Å². The van der Waals surface area contributed by atoms with Crippen LogP contribution in [0.25, 0.3) is 10.9 Å². The highest BCUT2D eigenvalue weighted by molar-refractivity contribution is 5.93. The summed E-state index contributed by atoms with van der Waals surface area (Å²) < 4.78 is 0. The number of nitrogens with zero attached hydrogens (tertiary/aromatic N) is 3. The summed E-state index contributed by atoms with van der Waals surface area (Å²) in [5.74, 6) is 0.755. The molecule has 3 N–H and O–H groups in total. The standard InChI is InChI=1S/C12H17N5O/c1-16(2)11(18)7-17(3)12-9-6-8(13)4-5-10(9)14-15-12/h4-6H,7,13H2,1-3H3,(H,14,15). The van der Waals surface area contributed by atoms with E-state index in [4.69, 9.17) is 5.73 Å². The molecule has 6 heteroatoms. The number of likely N-dealkylation sites (N-methyl/N-ethyl adjacent to an activating group) is 2. The number of carbonyl (C=O) groups excluding carboxylic acids is 1. The lowest BCUT2D eigenvalue weighted by molar-refractivity contribution is -0.127. The highest BCUT2D eigenvalue weighted by Gasteiger charge is 2.14. The molecular formula is C12H17N5O. The van der Waals surface area contributed by atoms with E-state index in [-0.39, 0.29) is 12.5 Å². The molecule has 2 aromatic rings. The Morgan fingerprint density at radius 3 is 2.78 bits per heavy atom. The fraction of sp³-hybridized carbons (Fsp3) is 0.333. The smallest absolute Gasteiger partial charge is 0.241 e. The summed E-state index contributed by atoms with van der Waals surface area (Å²) in [5, 5.41) is 8.07. The van der Waals surface area contributed by atoms with E-state index in [1.165, 1.54) is 0 Å². The number of carbonyl (C=O) groups is 1. The van der Waals surface area contributed by atoms with E-state index in [9.17, 15) is 4.79 Å².